The van der Waals surface area contributed by atoms with Crippen LogP contribution in [-0.4, -0.2) is 22.4 Å². The molecule has 5 saturated carbocycles. The van der Waals surface area contributed by atoms with E-state index in [1.54, 1.807) is 0 Å². The standard InChI is InChI=1S/C26H44O2/c1-25-15-13-23-21(10-8-19-16-20(27)12-14-26(19,23)2)22(25)11-9-18(25)4-3-5-24(28)17-6-7-17/h17-24,27-28H,3-16H2,1-2H3/t18-,19?,20-,21-,22?,23?,24?,25+,26-/m0/s1. The Morgan fingerprint density at radius 1 is 0.857 bits per heavy atom. The lowest BCUT2D eigenvalue weighted by Gasteiger charge is -2.61. The Bertz CT molecular complexity index is 571. The molecule has 9 atom stereocenters. The molecule has 5 fully saturated rings. The van der Waals surface area contributed by atoms with Crippen molar-refractivity contribution >= 4 is 0 Å². The zero-order valence-corrected chi connectivity index (χ0v) is 18.4. The number of aliphatic hydroxyl groups is 2. The van der Waals surface area contributed by atoms with Crippen molar-refractivity contribution < 1.29 is 10.2 Å². The van der Waals surface area contributed by atoms with Crippen molar-refractivity contribution in [3.63, 3.8) is 0 Å². The van der Waals surface area contributed by atoms with Crippen LogP contribution in [0.2, 0.25) is 0 Å². The van der Waals surface area contributed by atoms with Crippen LogP contribution in [0, 0.1) is 46.3 Å². The average Bonchev–Trinajstić information content (AvgIpc) is 3.46. The molecule has 2 nitrogen and oxygen atoms in total. The molecule has 0 saturated heterocycles. The topological polar surface area (TPSA) is 40.5 Å². The summed E-state index contributed by atoms with van der Waals surface area (Å²) in [6.07, 6.45) is 18.2. The predicted molar refractivity (Wildman–Crippen MR) is 114 cm³/mol. The monoisotopic (exact) mass is 388 g/mol. The van der Waals surface area contributed by atoms with Gasteiger partial charge < -0.3 is 10.2 Å². The van der Waals surface area contributed by atoms with Crippen molar-refractivity contribution in [1.29, 1.82) is 0 Å². The van der Waals surface area contributed by atoms with Gasteiger partial charge in [0.05, 0.1) is 12.2 Å². The summed E-state index contributed by atoms with van der Waals surface area (Å²) in [5.41, 5.74) is 1.08. The molecule has 0 heterocycles. The molecule has 5 aliphatic rings. The van der Waals surface area contributed by atoms with Crippen LogP contribution in [0.15, 0.2) is 0 Å². The minimum atomic E-state index is -0.0228. The van der Waals surface area contributed by atoms with E-state index in [0.29, 0.717) is 16.7 Å². The summed E-state index contributed by atoms with van der Waals surface area (Å²) in [5, 5.41) is 20.5. The first-order valence-electron chi connectivity index (χ1n) is 12.8. The van der Waals surface area contributed by atoms with Crippen LogP contribution < -0.4 is 0 Å². The first-order chi connectivity index (χ1) is 13.4. The van der Waals surface area contributed by atoms with Gasteiger partial charge >= 0.3 is 0 Å². The van der Waals surface area contributed by atoms with Gasteiger partial charge in [0.15, 0.2) is 0 Å². The van der Waals surface area contributed by atoms with Crippen LogP contribution in [0.4, 0.5) is 0 Å². The molecule has 0 aromatic carbocycles. The van der Waals surface area contributed by atoms with E-state index in [2.05, 4.69) is 13.8 Å². The maximum Gasteiger partial charge on any atom is 0.0568 e. The molecule has 5 rings (SSSR count). The second-order valence-corrected chi connectivity index (χ2v) is 12.2. The summed E-state index contributed by atoms with van der Waals surface area (Å²) < 4.78 is 0. The SMILES string of the molecule is C[C@]12CC[C@H](O)CC1CC[C@@H]1C2CC[C@@]2(C)C1CC[C@@H]2CCCC(O)C1CC1. The van der Waals surface area contributed by atoms with Gasteiger partial charge in [-0.1, -0.05) is 20.3 Å². The van der Waals surface area contributed by atoms with E-state index >= 15 is 0 Å². The van der Waals surface area contributed by atoms with Gasteiger partial charge in [0.1, 0.15) is 0 Å². The molecule has 0 spiro atoms. The third kappa shape index (κ3) is 3.20. The van der Waals surface area contributed by atoms with Crippen LogP contribution in [0.25, 0.3) is 0 Å². The molecule has 5 aliphatic carbocycles. The Kier molecular flexibility index (Phi) is 5.15. The molecule has 0 bridgehead atoms. The summed E-state index contributed by atoms with van der Waals surface area (Å²) in [6.45, 7) is 5.26. The van der Waals surface area contributed by atoms with E-state index in [1.807, 2.05) is 0 Å². The lowest BCUT2D eigenvalue weighted by molar-refractivity contribution is -0.127. The maximum absolute atomic E-state index is 10.3. The van der Waals surface area contributed by atoms with Gasteiger partial charge in [-0.05, 0) is 130 Å². The fourth-order valence-electron chi connectivity index (χ4n) is 9.11. The number of fused-ring (bicyclic) bond motifs is 5. The first-order valence-corrected chi connectivity index (χ1v) is 12.8. The summed E-state index contributed by atoms with van der Waals surface area (Å²) in [5.74, 6) is 5.16. The first kappa shape index (κ1) is 19.9. The van der Waals surface area contributed by atoms with Crippen molar-refractivity contribution in [3.8, 4) is 0 Å². The molecule has 2 N–H and O–H groups in total. The highest BCUT2D eigenvalue weighted by Crippen LogP contribution is 2.67. The Morgan fingerprint density at radius 2 is 1.61 bits per heavy atom. The molecule has 0 aliphatic heterocycles. The van der Waals surface area contributed by atoms with E-state index in [9.17, 15) is 10.2 Å². The van der Waals surface area contributed by atoms with Crippen LogP contribution >= 0.6 is 0 Å². The van der Waals surface area contributed by atoms with Crippen LogP contribution in [-0.2, 0) is 0 Å². The lowest BCUT2D eigenvalue weighted by atomic mass is 9.44. The number of hydrogen-bond donors (Lipinski definition) is 2. The minimum absolute atomic E-state index is 0.00220. The molecule has 0 aromatic rings. The van der Waals surface area contributed by atoms with E-state index in [0.717, 1.165) is 48.9 Å². The molecule has 0 radical (unpaired) electrons. The van der Waals surface area contributed by atoms with Crippen LogP contribution in [0.5, 0.6) is 0 Å². The Hall–Kier alpha value is -0.0800. The third-order valence-corrected chi connectivity index (χ3v) is 11.1. The van der Waals surface area contributed by atoms with Gasteiger partial charge in [-0.3, -0.25) is 0 Å². The highest BCUT2D eigenvalue weighted by Gasteiger charge is 2.59. The van der Waals surface area contributed by atoms with E-state index in [4.69, 9.17) is 0 Å². The number of hydrogen-bond acceptors (Lipinski definition) is 2. The lowest BCUT2D eigenvalue weighted by Crippen LogP contribution is -2.53. The highest BCUT2D eigenvalue weighted by molar-refractivity contribution is 5.09. The maximum atomic E-state index is 10.3. The number of rotatable bonds is 5. The van der Waals surface area contributed by atoms with Crippen molar-refractivity contribution in [2.75, 3.05) is 0 Å². The Morgan fingerprint density at radius 3 is 2.39 bits per heavy atom. The van der Waals surface area contributed by atoms with E-state index in [1.165, 1.54) is 70.6 Å². The molecule has 2 heteroatoms. The minimum Gasteiger partial charge on any atom is -0.393 e. The van der Waals surface area contributed by atoms with Gasteiger partial charge in [0.2, 0.25) is 0 Å². The summed E-state index contributed by atoms with van der Waals surface area (Å²) >= 11 is 0. The molecule has 160 valence electrons. The molecule has 0 aromatic heterocycles. The van der Waals surface area contributed by atoms with E-state index < -0.39 is 0 Å². The summed E-state index contributed by atoms with van der Waals surface area (Å²) in [6, 6.07) is 0. The van der Waals surface area contributed by atoms with Crippen LogP contribution in [0.3, 0.4) is 0 Å². The van der Waals surface area contributed by atoms with E-state index in [-0.39, 0.29) is 12.2 Å². The molecule has 4 unspecified atom stereocenters. The highest BCUT2D eigenvalue weighted by atomic mass is 16.3. The molecule has 28 heavy (non-hydrogen) atoms. The average molecular weight is 389 g/mol. The van der Waals surface area contributed by atoms with Gasteiger partial charge in [0, 0.05) is 0 Å². The quantitative estimate of drug-likeness (QED) is 0.611. The molecule has 0 amide bonds. The second-order valence-electron chi connectivity index (χ2n) is 12.2. The fraction of sp³-hybridized carbons (Fsp3) is 1.00. The normalized spacial score (nSPS) is 51.9. The Labute approximate surface area is 172 Å². The summed E-state index contributed by atoms with van der Waals surface area (Å²) in [7, 11) is 0. The van der Waals surface area contributed by atoms with Gasteiger partial charge in [-0.15, -0.1) is 0 Å². The zero-order chi connectivity index (χ0) is 19.5. The Balaban J connectivity index is 1.25. The predicted octanol–water partition coefficient (Wildman–Crippen LogP) is 5.95. The molecular weight excluding hydrogens is 344 g/mol. The van der Waals surface area contributed by atoms with Crippen molar-refractivity contribution in [3.05, 3.63) is 0 Å². The largest absolute Gasteiger partial charge is 0.393 e. The molecular formula is C26H44O2. The zero-order valence-electron chi connectivity index (χ0n) is 18.4. The number of aliphatic hydroxyl groups excluding tert-OH is 2. The third-order valence-electron chi connectivity index (χ3n) is 11.1. The van der Waals surface area contributed by atoms with Gasteiger partial charge in [-0.2, -0.15) is 0 Å². The van der Waals surface area contributed by atoms with Crippen molar-refractivity contribution in [2.45, 2.75) is 116 Å². The smallest absolute Gasteiger partial charge is 0.0568 e. The second kappa shape index (κ2) is 7.26. The summed E-state index contributed by atoms with van der Waals surface area (Å²) in [4.78, 5) is 0. The van der Waals surface area contributed by atoms with Crippen molar-refractivity contribution in [1.82, 2.24) is 0 Å². The van der Waals surface area contributed by atoms with Gasteiger partial charge in [0.25, 0.3) is 0 Å². The van der Waals surface area contributed by atoms with Gasteiger partial charge in [-0.25, -0.2) is 0 Å². The van der Waals surface area contributed by atoms with Crippen molar-refractivity contribution in [2.24, 2.45) is 46.3 Å². The van der Waals surface area contributed by atoms with Crippen LogP contribution in [0.1, 0.15) is 104 Å². The fourth-order valence-corrected chi connectivity index (χ4v) is 9.11.